The van der Waals surface area contributed by atoms with Crippen molar-refractivity contribution in [2.45, 2.75) is 13.0 Å². The summed E-state index contributed by atoms with van der Waals surface area (Å²) in [7, 11) is 0. The van der Waals surface area contributed by atoms with E-state index in [1.54, 1.807) is 12.1 Å². The summed E-state index contributed by atoms with van der Waals surface area (Å²) in [5.41, 5.74) is 1.72. The predicted octanol–water partition coefficient (Wildman–Crippen LogP) is 2.77. The smallest absolute Gasteiger partial charge is 0.267 e. The van der Waals surface area contributed by atoms with Crippen molar-refractivity contribution in [1.29, 1.82) is 5.26 Å². The number of rotatable bonds is 5. The zero-order valence-electron chi connectivity index (χ0n) is 14.4. The zero-order valence-corrected chi connectivity index (χ0v) is 14.4. The number of hydrogen-bond donors (Lipinski definition) is 2. The molecule has 0 radical (unpaired) electrons. The van der Waals surface area contributed by atoms with E-state index in [4.69, 9.17) is 9.47 Å². The Labute approximate surface area is 152 Å². The van der Waals surface area contributed by atoms with Crippen LogP contribution in [0.25, 0.3) is 0 Å². The van der Waals surface area contributed by atoms with Crippen LogP contribution >= 0.6 is 0 Å². The molecule has 6 nitrogen and oxygen atoms in total. The first-order valence-electron chi connectivity index (χ1n) is 8.26. The van der Waals surface area contributed by atoms with Gasteiger partial charge in [0.15, 0.2) is 11.5 Å². The normalized spacial score (nSPS) is 15.7. The maximum absolute atomic E-state index is 12.2. The third kappa shape index (κ3) is 4.33. The van der Waals surface area contributed by atoms with Gasteiger partial charge in [-0.25, -0.2) is 0 Å². The van der Waals surface area contributed by atoms with Gasteiger partial charge in [-0.15, -0.1) is 0 Å². The summed E-state index contributed by atoms with van der Waals surface area (Å²) in [5.74, 6) is 0.941. The average molecular weight is 349 g/mol. The monoisotopic (exact) mass is 349 g/mol. The Hall–Kier alpha value is -3.46. The lowest BCUT2D eigenvalue weighted by molar-refractivity contribution is -0.112. The van der Waals surface area contributed by atoms with Crippen LogP contribution in [0.2, 0.25) is 0 Å². The van der Waals surface area contributed by atoms with Crippen LogP contribution in [-0.4, -0.2) is 25.2 Å². The van der Waals surface area contributed by atoms with Crippen LogP contribution in [0, 0.1) is 18.3 Å². The molecule has 0 saturated carbocycles. The van der Waals surface area contributed by atoms with Gasteiger partial charge in [-0.05, 0) is 31.2 Å². The van der Waals surface area contributed by atoms with Crippen molar-refractivity contribution in [3.8, 4) is 17.6 Å². The summed E-state index contributed by atoms with van der Waals surface area (Å²) in [6, 6.07) is 16.7. The van der Waals surface area contributed by atoms with E-state index in [1.165, 1.54) is 6.20 Å². The number of carbonyl (C=O) groups excluding carboxylic acids is 1. The summed E-state index contributed by atoms with van der Waals surface area (Å²) in [4.78, 5) is 12.2. The number of para-hydroxylation sites is 2. The van der Waals surface area contributed by atoms with Crippen molar-refractivity contribution in [2.24, 2.45) is 0 Å². The van der Waals surface area contributed by atoms with E-state index in [2.05, 4.69) is 10.6 Å². The van der Waals surface area contributed by atoms with Gasteiger partial charge < -0.3 is 20.1 Å². The molecule has 6 heteroatoms. The first-order chi connectivity index (χ1) is 12.7. The highest BCUT2D eigenvalue weighted by Crippen LogP contribution is 2.30. The van der Waals surface area contributed by atoms with E-state index in [1.807, 2.05) is 49.4 Å². The Morgan fingerprint density at radius 2 is 1.96 bits per heavy atom. The Morgan fingerprint density at radius 3 is 2.69 bits per heavy atom. The van der Waals surface area contributed by atoms with E-state index in [0.29, 0.717) is 24.6 Å². The van der Waals surface area contributed by atoms with Gasteiger partial charge in [-0.1, -0.05) is 29.8 Å². The SMILES string of the molecule is Cc1ccc(NC(=O)/C(C#N)=C\NCC2COc3ccccc3O2)cc1. The van der Waals surface area contributed by atoms with Crippen molar-refractivity contribution >= 4 is 11.6 Å². The average Bonchev–Trinajstić information content (AvgIpc) is 2.67. The highest BCUT2D eigenvalue weighted by molar-refractivity contribution is 6.06. The number of aryl methyl sites for hydroxylation is 1. The molecule has 0 saturated heterocycles. The number of nitrogens with zero attached hydrogens (tertiary/aromatic N) is 1. The van der Waals surface area contributed by atoms with Crippen LogP contribution in [0.5, 0.6) is 11.5 Å². The number of carbonyl (C=O) groups is 1. The summed E-state index contributed by atoms with van der Waals surface area (Å²) < 4.78 is 11.4. The van der Waals surface area contributed by atoms with Crippen molar-refractivity contribution in [2.75, 3.05) is 18.5 Å². The lowest BCUT2D eigenvalue weighted by atomic mass is 10.2. The molecule has 1 atom stereocenters. The fraction of sp³-hybridized carbons (Fsp3) is 0.200. The van der Waals surface area contributed by atoms with E-state index in [9.17, 15) is 10.1 Å². The second-order valence-corrected chi connectivity index (χ2v) is 5.90. The van der Waals surface area contributed by atoms with Crippen LogP contribution in [0.3, 0.4) is 0 Å². The number of nitriles is 1. The molecule has 1 heterocycles. The lowest BCUT2D eigenvalue weighted by Gasteiger charge is -2.26. The molecule has 1 aliphatic heterocycles. The first-order valence-corrected chi connectivity index (χ1v) is 8.26. The Morgan fingerprint density at radius 1 is 1.23 bits per heavy atom. The van der Waals surface area contributed by atoms with Crippen molar-refractivity contribution in [3.63, 3.8) is 0 Å². The van der Waals surface area contributed by atoms with Crippen molar-refractivity contribution < 1.29 is 14.3 Å². The zero-order chi connectivity index (χ0) is 18.4. The minimum atomic E-state index is -0.463. The van der Waals surface area contributed by atoms with Gasteiger partial charge in [0.1, 0.15) is 24.4 Å². The maximum atomic E-state index is 12.2. The Balaban J connectivity index is 1.54. The number of amides is 1. The molecule has 2 N–H and O–H groups in total. The number of hydrogen-bond acceptors (Lipinski definition) is 5. The Kier molecular flexibility index (Phi) is 5.40. The molecule has 1 unspecified atom stereocenters. The summed E-state index contributed by atoms with van der Waals surface area (Å²) in [6.07, 6.45) is 1.19. The molecule has 26 heavy (non-hydrogen) atoms. The summed E-state index contributed by atoms with van der Waals surface area (Å²) >= 11 is 0. The topological polar surface area (TPSA) is 83.4 Å². The first kappa shape index (κ1) is 17.4. The minimum Gasteiger partial charge on any atom is -0.486 e. The maximum Gasteiger partial charge on any atom is 0.267 e. The molecule has 2 aromatic carbocycles. The largest absolute Gasteiger partial charge is 0.486 e. The quantitative estimate of drug-likeness (QED) is 0.641. The molecule has 0 fully saturated rings. The second kappa shape index (κ2) is 8.08. The van der Waals surface area contributed by atoms with Gasteiger partial charge in [0.05, 0.1) is 6.54 Å². The van der Waals surface area contributed by atoms with Gasteiger partial charge >= 0.3 is 0 Å². The van der Waals surface area contributed by atoms with Gasteiger partial charge in [0.2, 0.25) is 0 Å². The molecule has 2 aromatic rings. The second-order valence-electron chi connectivity index (χ2n) is 5.90. The minimum absolute atomic E-state index is 0.0114. The number of fused-ring (bicyclic) bond motifs is 1. The third-order valence-electron chi connectivity index (χ3n) is 3.83. The van der Waals surface area contributed by atoms with Crippen LogP contribution < -0.4 is 20.1 Å². The molecule has 1 amide bonds. The number of benzene rings is 2. The molecule has 3 rings (SSSR count). The van der Waals surface area contributed by atoms with Gasteiger partial charge in [-0.3, -0.25) is 4.79 Å². The molecule has 1 aliphatic rings. The van der Waals surface area contributed by atoms with Crippen LogP contribution in [-0.2, 0) is 4.79 Å². The Bertz CT molecular complexity index is 853. The van der Waals surface area contributed by atoms with E-state index in [0.717, 1.165) is 11.3 Å². The molecular weight excluding hydrogens is 330 g/mol. The van der Waals surface area contributed by atoms with E-state index in [-0.39, 0.29) is 11.7 Å². The molecule has 0 aliphatic carbocycles. The number of nitrogens with one attached hydrogen (secondary N) is 2. The predicted molar refractivity (Wildman–Crippen MR) is 97.9 cm³/mol. The standard InChI is InChI=1S/C20H19N3O3/c1-14-6-8-16(9-7-14)23-20(24)15(10-21)11-22-12-17-13-25-18-4-2-3-5-19(18)26-17/h2-9,11,17,22H,12-13H2,1H3,(H,23,24)/b15-11-. The van der Waals surface area contributed by atoms with Crippen molar-refractivity contribution in [3.05, 3.63) is 65.9 Å². The van der Waals surface area contributed by atoms with Gasteiger partial charge in [-0.2, -0.15) is 5.26 Å². The molecule has 0 aromatic heterocycles. The number of ether oxygens (including phenoxy) is 2. The molecule has 0 spiro atoms. The third-order valence-corrected chi connectivity index (χ3v) is 3.83. The van der Waals surface area contributed by atoms with Gasteiger partial charge in [0, 0.05) is 11.9 Å². The van der Waals surface area contributed by atoms with Crippen LogP contribution in [0.15, 0.2) is 60.3 Å². The van der Waals surface area contributed by atoms with Gasteiger partial charge in [0.25, 0.3) is 5.91 Å². The van der Waals surface area contributed by atoms with Crippen molar-refractivity contribution in [1.82, 2.24) is 5.32 Å². The van der Waals surface area contributed by atoms with Crippen LogP contribution in [0.4, 0.5) is 5.69 Å². The molecule has 0 bridgehead atoms. The fourth-order valence-electron chi connectivity index (χ4n) is 2.44. The number of anilines is 1. The van der Waals surface area contributed by atoms with Crippen LogP contribution in [0.1, 0.15) is 5.56 Å². The summed E-state index contributed by atoms with van der Waals surface area (Å²) in [6.45, 7) is 2.78. The summed E-state index contributed by atoms with van der Waals surface area (Å²) in [5, 5.41) is 14.9. The van der Waals surface area contributed by atoms with E-state index >= 15 is 0 Å². The molecule has 132 valence electrons. The lowest BCUT2D eigenvalue weighted by Crippen LogP contribution is -2.37. The highest BCUT2D eigenvalue weighted by Gasteiger charge is 2.20. The highest BCUT2D eigenvalue weighted by atomic mass is 16.6. The fourth-order valence-corrected chi connectivity index (χ4v) is 2.44. The van der Waals surface area contributed by atoms with E-state index < -0.39 is 5.91 Å². The molecular formula is C20H19N3O3.